The third kappa shape index (κ3) is 5.55. The summed E-state index contributed by atoms with van der Waals surface area (Å²) in [5, 5.41) is 17.7. The molecule has 0 spiro atoms. The number of benzene rings is 2. The molecule has 0 aliphatic rings. The Bertz CT molecular complexity index is 1320. The molecule has 1 amide bonds. The third-order valence-corrected chi connectivity index (χ3v) is 4.80. The number of hydrogen-bond acceptors (Lipinski definition) is 6. The number of nitro groups is 1. The Kier molecular flexibility index (Phi) is 6.36. The van der Waals surface area contributed by atoms with Crippen molar-refractivity contribution in [1.29, 1.82) is 0 Å². The highest BCUT2D eigenvalue weighted by Crippen LogP contribution is 2.29. The summed E-state index contributed by atoms with van der Waals surface area (Å²) < 4.78 is 25.9. The van der Waals surface area contributed by atoms with Crippen molar-refractivity contribution in [3.8, 4) is 5.75 Å². The van der Waals surface area contributed by atoms with Gasteiger partial charge >= 0.3 is 0 Å². The standard InChI is InChI=1S/C22H16ClFN4O5/c23-19-9-17(28(30)31)4-6-20(19)32-13-18-5-7-21(33-18)22(29)26-16-10-25-27(12-16)11-14-2-1-3-15(24)8-14/h1-10,12H,11,13H2,(H,26,29). The summed E-state index contributed by atoms with van der Waals surface area (Å²) in [4.78, 5) is 22.7. The monoisotopic (exact) mass is 470 g/mol. The van der Waals surface area contributed by atoms with Crippen LogP contribution in [-0.4, -0.2) is 20.6 Å². The van der Waals surface area contributed by atoms with Gasteiger partial charge in [-0.2, -0.15) is 5.10 Å². The predicted molar refractivity (Wildman–Crippen MR) is 117 cm³/mol. The number of amides is 1. The van der Waals surface area contributed by atoms with Gasteiger partial charge in [-0.25, -0.2) is 4.39 Å². The van der Waals surface area contributed by atoms with Crippen LogP contribution in [0.1, 0.15) is 21.9 Å². The van der Waals surface area contributed by atoms with Crippen LogP contribution in [0.4, 0.5) is 15.8 Å². The smallest absolute Gasteiger partial charge is 0.291 e. The number of non-ortho nitro benzene ring substituents is 1. The maximum Gasteiger partial charge on any atom is 0.291 e. The van der Waals surface area contributed by atoms with E-state index in [-0.39, 0.29) is 34.6 Å². The van der Waals surface area contributed by atoms with Crippen molar-refractivity contribution in [3.63, 3.8) is 0 Å². The molecule has 11 heteroatoms. The summed E-state index contributed by atoms with van der Waals surface area (Å²) in [6.45, 7) is 0.317. The van der Waals surface area contributed by atoms with Gasteiger partial charge < -0.3 is 14.5 Å². The lowest BCUT2D eigenvalue weighted by Crippen LogP contribution is -2.10. The molecule has 2 aromatic carbocycles. The number of nitrogens with zero attached hydrogens (tertiary/aromatic N) is 3. The van der Waals surface area contributed by atoms with Crippen molar-refractivity contribution in [1.82, 2.24) is 9.78 Å². The van der Waals surface area contributed by atoms with Crippen LogP contribution < -0.4 is 10.1 Å². The van der Waals surface area contributed by atoms with E-state index in [1.165, 1.54) is 42.6 Å². The van der Waals surface area contributed by atoms with Crippen LogP contribution in [-0.2, 0) is 13.2 Å². The van der Waals surface area contributed by atoms with E-state index in [9.17, 15) is 19.3 Å². The quantitative estimate of drug-likeness (QED) is 0.284. The van der Waals surface area contributed by atoms with Crippen LogP contribution in [0.25, 0.3) is 0 Å². The normalized spacial score (nSPS) is 10.7. The lowest BCUT2D eigenvalue weighted by atomic mass is 10.2. The Labute approximate surface area is 191 Å². The lowest BCUT2D eigenvalue weighted by Gasteiger charge is -2.06. The van der Waals surface area contributed by atoms with E-state index < -0.39 is 10.8 Å². The molecule has 0 unspecified atom stereocenters. The van der Waals surface area contributed by atoms with E-state index in [0.29, 0.717) is 18.0 Å². The largest absolute Gasteiger partial charge is 0.484 e. The van der Waals surface area contributed by atoms with Crippen molar-refractivity contribution < 1.29 is 23.3 Å². The fraction of sp³-hybridized carbons (Fsp3) is 0.0909. The highest BCUT2D eigenvalue weighted by Gasteiger charge is 2.15. The molecule has 0 atom stereocenters. The van der Waals surface area contributed by atoms with Gasteiger partial charge in [0.25, 0.3) is 11.6 Å². The zero-order valence-corrected chi connectivity index (χ0v) is 17.7. The molecule has 4 rings (SSSR count). The number of carbonyl (C=O) groups is 1. The maximum absolute atomic E-state index is 13.3. The Morgan fingerprint density at radius 3 is 2.85 bits per heavy atom. The van der Waals surface area contributed by atoms with Crippen molar-refractivity contribution >= 4 is 28.9 Å². The summed E-state index contributed by atoms with van der Waals surface area (Å²) in [7, 11) is 0. The molecule has 0 aliphatic carbocycles. The van der Waals surface area contributed by atoms with E-state index in [2.05, 4.69) is 10.4 Å². The molecule has 0 bridgehead atoms. The summed E-state index contributed by atoms with van der Waals surface area (Å²) >= 11 is 6.00. The van der Waals surface area contributed by atoms with Gasteiger partial charge in [0.2, 0.25) is 0 Å². The van der Waals surface area contributed by atoms with Gasteiger partial charge in [0.05, 0.1) is 28.4 Å². The minimum atomic E-state index is -0.557. The predicted octanol–water partition coefficient (Wildman–Crippen LogP) is 5.06. The van der Waals surface area contributed by atoms with Gasteiger partial charge in [-0.1, -0.05) is 23.7 Å². The summed E-state index contributed by atoms with van der Waals surface area (Å²) in [5.41, 5.74) is 1.03. The summed E-state index contributed by atoms with van der Waals surface area (Å²) in [5.74, 6) is -0.158. The van der Waals surface area contributed by atoms with Crippen LogP contribution in [0.5, 0.6) is 5.75 Å². The van der Waals surface area contributed by atoms with Gasteiger partial charge in [-0.3, -0.25) is 19.6 Å². The Balaban J connectivity index is 1.34. The fourth-order valence-electron chi connectivity index (χ4n) is 2.98. The molecule has 0 saturated heterocycles. The number of ether oxygens (including phenoxy) is 1. The van der Waals surface area contributed by atoms with Gasteiger partial charge in [0.1, 0.15) is 23.9 Å². The lowest BCUT2D eigenvalue weighted by molar-refractivity contribution is -0.384. The first-order valence-corrected chi connectivity index (χ1v) is 9.99. The molecule has 4 aromatic rings. The number of hydrogen-bond donors (Lipinski definition) is 1. The van der Waals surface area contributed by atoms with Gasteiger partial charge in [-0.15, -0.1) is 0 Å². The first-order valence-electron chi connectivity index (χ1n) is 9.61. The Hall–Kier alpha value is -4.18. The molecular weight excluding hydrogens is 455 g/mol. The van der Waals surface area contributed by atoms with E-state index in [1.54, 1.807) is 29.1 Å². The zero-order chi connectivity index (χ0) is 23.4. The van der Waals surface area contributed by atoms with Crippen LogP contribution in [0.3, 0.4) is 0 Å². The van der Waals surface area contributed by atoms with Crippen LogP contribution in [0, 0.1) is 15.9 Å². The topological polar surface area (TPSA) is 112 Å². The number of furan rings is 1. The average Bonchev–Trinajstić information content (AvgIpc) is 3.42. The van der Waals surface area contributed by atoms with Crippen LogP contribution in [0.15, 0.2) is 71.4 Å². The molecule has 2 heterocycles. The van der Waals surface area contributed by atoms with Crippen molar-refractivity contribution in [2.75, 3.05) is 5.32 Å². The second-order valence-electron chi connectivity index (χ2n) is 6.94. The van der Waals surface area contributed by atoms with Gasteiger partial charge in [0, 0.05) is 18.3 Å². The summed E-state index contributed by atoms with van der Waals surface area (Å²) in [6.07, 6.45) is 3.09. The molecule has 0 saturated carbocycles. The number of halogens is 2. The number of aromatic nitrogens is 2. The van der Waals surface area contributed by atoms with E-state index in [1.807, 2.05) is 0 Å². The second-order valence-corrected chi connectivity index (χ2v) is 7.34. The van der Waals surface area contributed by atoms with E-state index in [0.717, 1.165) is 5.56 Å². The number of rotatable bonds is 8. The number of nitro benzene ring substituents is 1. The first kappa shape index (κ1) is 22.0. The summed E-state index contributed by atoms with van der Waals surface area (Å²) in [6, 6.07) is 13.1. The Morgan fingerprint density at radius 1 is 1.24 bits per heavy atom. The third-order valence-electron chi connectivity index (χ3n) is 4.51. The molecule has 9 nitrogen and oxygen atoms in total. The van der Waals surface area contributed by atoms with Crippen molar-refractivity contribution in [2.45, 2.75) is 13.2 Å². The van der Waals surface area contributed by atoms with Gasteiger partial charge in [0.15, 0.2) is 5.76 Å². The maximum atomic E-state index is 13.3. The molecular formula is C22H16ClFN4O5. The SMILES string of the molecule is O=C(Nc1cnn(Cc2cccc(F)c2)c1)c1ccc(COc2ccc([N+](=O)[O-])cc2Cl)o1. The van der Waals surface area contributed by atoms with E-state index in [4.69, 9.17) is 20.8 Å². The molecule has 0 fully saturated rings. The molecule has 2 aromatic heterocycles. The molecule has 168 valence electrons. The van der Waals surface area contributed by atoms with Crippen molar-refractivity contribution in [3.05, 3.63) is 105 Å². The van der Waals surface area contributed by atoms with Crippen LogP contribution >= 0.6 is 11.6 Å². The fourth-order valence-corrected chi connectivity index (χ4v) is 3.21. The molecule has 0 radical (unpaired) electrons. The average molecular weight is 471 g/mol. The molecule has 0 aliphatic heterocycles. The highest BCUT2D eigenvalue weighted by atomic mass is 35.5. The number of carbonyl (C=O) groups excluding carboxylic acids is 1. The minimum absolute atomic E-state index is 0.0314. The number of nitrogens with one attached hydrogen (secondary N) is 1. The molecule has 33 heavy (non-hydrogen) atoms. The van der Waals surface area contributed by atoms with Gasteiger partial charge in [-0.05, 0) is 35.9 Å². The second kappa shape index (κ2) is 9.53. The van der Waals surface area contributed by atoms with E-state index >= 15 is 0 Å². The van der Waals surface area contributed by atoms with Crippen molar-refractivity contribution in [2.24, 2.45) is 0 Å². The number of anilines is 1. The minimum Gasteiger partial charge on any atom is -0.484 e. The van der Waals surface area contributed by atoms with Crippen LogP contribution in [0.2, 0.25) is 5.02 Å². The first-order chi connectivity index (χ1) is 15.9. The molecule has 1 N–H and O–H groups in total. The highest BCUT2D eigenvalue weighted by molar-refractivity contribution is 6.32. The zero-order valence-electron chi connectivity index (χ0n) is 16.9. The Morgan fingerprint density at radius 2 is 2.09 bits per heavy atom.